The van der Waals surface area contributed by atoms with Crippen molar-refractivity contribution in [2.45, 2.75) is 25.8 Å². The number of carboxylic acids is 1. The van der Waals surface area contributed by atoms with Crippen molar-refractivity contribution in [1.82, 2.24) is 5.32 Å². The summed E-state index contributed by atoms with van der Waals surface area (Å²) in [6.07, 6.45) is 0.0668. The van der Waals surface area contributed by atoms with Crippen LogP contribution in [0, 0.1) is 0 Å². The maximum atomic E-state index is 11.5. The molecule has 1 atom stereocenters. The lowest BCUT2D eigenvalue weighted by atomic mass is 10.2. The first-order valence-electron chi connectivity index (χ1n) is 5.87. The minimum absolute atomic E-state index is 0.0963. The molecule has 5 nitrogen and oxygen atoms in total. The summed E-state index contributed by atoms with van der Waals surface area (Å²) in [7, 11) is 0. The number of carboxylic acid groups (broad SMARTS) is 1. The Morgan fingerprint density at radius 2 is 2.21 bits per heavy atom. The minimum Gasteiger partial charge on any atom is -0.493 e. The van der Waals surface area contributed by atoms with Crippen LogP contribution in [0.4, 0.5) is 0 Å². The number of amides is 1. The first-order valence-corrected chi connectivity index (χ1v) is 6.24. The van der Waals surface area contributed by atoms with E-state index in [9.17, 15) is 9.59 Å². The fraction of sp³-hybridized carbons (Fsp3) is 0.385. The van der Waals surface area contributed by atoms with Crippen LogP contribution in [0.3, 0.4) is 0 Å². The number of nitrogens with one attached hydrogen (secondary N) is 1. The van der Waals surface area contributed by atoms with Crippen LogP contribution in [-0.4, -0.2) is 29.6 Å². The van der Waals surface area contributed by atoms with E-state index in [4.69, 9.17) is 21.4 Å². The summed E-state index contributed by atoms with van der Waals surface area (Å²) in [6, 6.07) is 6.50. The second-order valence-corrected chi connectivity index (χ2v) is 4.56. The molecule has 1 amide bonds. The van der Waals surface area contributed by atoms with Gasteiger partial charge >= 0.3 is 5.97 Å². The van der Waals surface area contributed by atoms with Gasteiger partial charge in [0.25, 0.3) is 0 Å². The maximum absolute atomic E-state index is 11.5. The van der Waals surface area contributed by atoms with Gasteiger partial charge in [-0.2, -0.15) is 0 Å². The highest BCUT2D eigenvalue weighted by Crippen LogP contribution is 2.17. The molecule has 0 radical (unpaired) electrons. The lowest BCUT2D eigenvalue weighted by Gasteiger charge is -2.12. The zero-order valence-corrected chi connectivity index (χ0v) is 11.3. The van der Waals surface area contributed by atoms with E-state index in [-0.39, 0.29) is 25.4 Å². The van der Waals surface area contributed by atoms with Gasteiger partial charge in [0.05, 0.1) is 19.4 Å². The zero-order valence-electron chi connectivity index (χ0n) is 10.6. The molecule has 104 valence electrons. The number of benzene rings is 1. The smallest absolute Gasteiger partial charge is 0.305 e. The predicted molar refractivity (Wildman–Crippen MR) is 71.4 cm³/mol. The van der Waals surface area contributed by atoms with E-state index in [0.29, 0.717) is 10.8 Å². The van der Waals surface area contributed by atoms with Gasteiger partial charge in [-0.05, 0) is 25.1 Å². The quantitative estimate of drug-likeness (QED) is 0.804. The van der Waals surface area contributed by atoms with Crippen LogP contribution in [0.15, 0.2) is 24.3 Å². The monoisotopic (exact) mass is 285 g/mol. The van der Waals surface area contributed by atoms with E-state index in [0.717, 1.165) is 0 Å². The van der Waals surface area contributed by atoms with Crippen LogP contribution >= 0.6 is 11.6 Å². The van der Waals surface area contributed by atoms with Crippen LogP contribution in [0.5, 0.6) is 5.75 Å². The Morgan fingerprint density at radius 1 is 1.47 bits per heavy atom. The van der Waals surface area contributed by atoms with Crippen molar-refractivity contribution in [2.24, 2.45) is 0 Å². The third kappa shape index (κ3) is 6.67. The average molecular weight is 286 g/mol. The molecule has 0 saturated heterocycles. The topological polar surface area (TPSA) is 75.6 Å². The minimum atomic E-state index is -0.942. The lowest BCUT2D eigenvalue weighted by molar-refractivity contribution is -0.137. The second-order valence-electron chi connectivity index (χ2n) is 4.12. The molecule has 1 aromatic carbocycles. The van der Waals surface area contributed by atoms with Crippen LogP contribution in [0.1, 0.15) is 19.8 Å². The number of hydrogen-bond acceptors (Lipinski definition) is 3. The van der Waals surface area contributed by atoms with Gasteiger partial charge in [-0.3, -0.25) is 9.59 Å². The third-order valence-electron chi connectivity index (χ3n) is 2.28. The van der Waals surface area contributed by atoms with Crippen molar-refractivity contribution in [1.29, 1.82) is 0 Å². The summed E-state index contributed by atoms with van der Waals surface area (Å²) in [5, 5.41) is 11.7. The zero-order chi connectivity index (χ0) is 14.3. The molecule has 0 spiro atoms. The van der Waals surface area contributed by atoms with E-state index >= 15 is 0 Å². The molecule has 0 aromatic heterocycles. The average Bonchev–Trinajstić information content (AvgIpc) is 2.27. The second kappa shape index (κ2) is 7.63. The molecule has 0 fully saturated rings. The first kappa shape index (κ1) is 15.3. The number of aliphatic carboxylic acids is 1. The highest BCUT2D eigenvalue weighted by molar-refractivity contribution is 6.30. The Morgan fingerprint density at radius 3 is 2.84 bits per heavy atom. The van der Waals surface area contributed by atoms with Crippen molar-refractivity contribution in [3.8, 4) is 5.75 Å². The summed E-state index contributed by atoms with van der Waals surface area (Å²) >= 11 is 5.79. The number of halogens is 1. The molecule has 1 aromatic rings. The van der Waals surface area contributed by atoms with E-state index < -0.39 is 12.0 Å². The van der Waals surface area contributed by atoms with Crippen molar-refractivity contribution in [3.05, 3.63) is 29.3 Å². The summed E-state index contributed by atoms with van der Waals surface area (Å²) < 4.78 is 5.36. The highest BCUT2D eigenvalue weighted by atomic mass is 35.5. The molecule has 0 heterocycles. The Labute approximate surface area is 116 Å². The van der Waals surface area contributed by atoms with E-state index in [1.807, 2.05) is 0 Å². The Bertz CT molecular complexity index is 450. The van der Waals surface area contributed by atoms with Crippen molar-refractivity contribution >= 4 is 23.5 Å². The predicted octanol–water partition coefficient (Wildman–Crippen LogP) is 2.09. The van der Waals surface area contributed by atoms with E-state index in [1.54, 1.807) is 31.2 Å². The lowest BCUT2D eigenvalue weighted by Crippen LogP contribution is -2.34. The number of hydrogen-bond donors (Lipinski definition) is 2. The molecule has 2 N–H and O–H groups in total. The molecule has 0 aliphatic rings. The standard InChI is InChI=1S/C13H16ClNO4/c1-9(7-13(17)18)15-12(16)5-6-19-11-4-2-3-10(14)8-11/h2-4,8-9H,5-7H2,1H3,(H,15,16)(H,17,18). The molecule has 19 heavy (non-hydrogen) atoms. The Kier molecular flexibility index (Phi) is 6.15. The van der Waals surface area contributed by atoms with Crippen molar-refractivity contribution < 1.29 is 19.4 Å². The molecule has 1 rings (SSSR count). The summed E-state index contributed by atoms with van der Waals surface area (Å²) in [5.41, 5.74) is 0. The molecule has 0 aliphatic carbocycles. The molecule has 0 aliphatic heterocycles. The summed E-state index contributed by atoms with van der Waals surface area (Å²) in [4.78, 5) is 21.9. The van der Waals surface area contributed by atoms with Gasteiger partial charge in [0.2, 0.25) is 5.91 Å². The van der Waals surface area contributed by atoms with E-state index in [1.165, 1.54) is 0 Å². The van der Waals surface area contributed by atoms with Crippen LogP contribution in [0.2, 0.25) is 5.02 Å². The molecule has 1 unspecified atom stereocenters. The molecular weight excluding hydrogens is 270 g/mol. The largest absolute Gasteiger partial charge is 0.493 e. The van der Waals surface area contributed by atoms with E-state index in [2.05, 4.69) is 5.32 Å². The molecule has 6 heteroatoms. The number of carbonyl (C=O) groups excluding carboxylic acids is 1. The van der Waals surface area contributed by atoms with Gasteiger partial charge < -0.3 is 15.2 Å². The number of ether oxygens (including phenoxy) is 1. The van der Waals surface area contributed by atoms with Gasteiger partial charge in [-0.1, -0.05) is 17.7 Å². The normalized spacial score (nSPS) is 11.7. The van der Waals surface area contributed by atoms with Crippen molar-refractivity contribution in [2.75, 3.05) is 6.61 Å². The van der Waals surface area contributed by atoms with Gasteiger partial charge in [-0.25, -0.2) is 0 Å². The fourth-order valence-electron chi connectivity index (χ4n) is 1.48. The fourth-order valence-corrected chi connectivity index (χ4v) is 1.66. The van der Waals surface area contributed by atoms with Gasteiger partial charge in [0.1, 0.15) is 5.75 Å². The molecule has 0 saturated carbocycles. The number of carbonyl (C=O) groups is 2. The summed E-state index contributed by atoms with van der Waals surface area (Å²) in [6.45, 7) is 1.86. The van der Waals surface area contributed by atoms with Gasteiger partial charge in [-0.15, -0.1) is 0 Å². The number of rotatable bonds is 7. The van der Waals surface area contributed by atoms with Gasteiger partial charge in [0, 0.05) is 11.1 Å². The van der Waals surface area contributed by atoms with Crippen molar-refractivity contribution in [3.63, 3.8) is 0 Å². The van der Waals surface area contributed by atoms with Gasteiger partial charge in [0.15, 0.2) is 0 Å². The summed E-state index contributed by atoms with van der Waals surface area (Å²) in [5.74, 6) is -0.586. The molecular formula is C13H16ClNO4. The van der Waals surface area contributed by atoms with Crippen LogP contribution < -0.4 is 10.1 Å². The third-order valence-corrected chi connectivity index (χ3v) is 2.52. The molecule has 0 bridgehead atoms. The SMILES string of the molecule is CC(CC(=O)O)NC(=O)CCOc1cccc(Cl)c1. The first-order chi connectivity index (χ1) is 8.97. The van der Waals surface area contributed by atoms with Crippen LogP contribution in [0.25, 0.3) is 0 Å². The van der Waals surface area contributed by atoms with Crippen LogP contribution in [-0.2, 0) is 9.59 Å². The maximum Gasteiger partial charge on any atom is 0.305 e. The Balaban J connectivity index is 2.25. The highest BCUT2D eigenvalue weighted by Gasteiger charge is 2.10. The Hall–Kier alpha value is -1.75.